The Labute approximate surface area is 193 Å². The summed E-state index contributed by atoms with van der Waals surface area (Å²) in [7, 11) is 0. The number of H-pyrrole nitrogens is 1. The third-order valence-corrected chi connectivity index (χ3v) is 6.39. The van der Waals surface area contributed by atoms with Gasteiger partial charge >= 0.3 is 0 Å². The van der Waals surface area contributed by atoms with Gasteiger partial charge in [-0.05, 0) is 53.4 Å². The van der Waals surface area contributed by atoms with Crippen LogP contribution in [0.5, 0.6) is 0 Å². The second-order valence-electron chi connectivity index (χ2n) is 7.66. The molecular weight excluding hydrogens is 474 g/mol. The van der Waals surface area contributed by atoms with E-state index in [2.05, 4.69) is 55.7 Å². The molecule has 5 rings (SSSR count). The van der Waals surface area contributed by atoms with Crippen molar-refractivity contribution in [3.05, 3.63) is 115 Å². The summed E-state index contributed by atoms with van der Waals surface area (Å²) in [6.45, 7) is 0. The molecule has 0 fully saturated rings. The first-order chi connectivity index (χ1) is 15.1. The highest BCUT2D eigenvalue weighted by atomic mass is 79.9. The molecule has 1 aliphatic heterocycles. The lowest BCUT2D eigenvalue weighted by atomic mass is 9.91. The number of aromatic nitrogens is 1. The number of hydrogen-bond acceptors (Lipinski definition) is 3. The van der Waals surface area contributed by atoms with Crippen LogP contribution >= 0.6 is 27.5 Å². The zero-order valence-corrected chi connectivity index (χ0v) is 18.9. The van der Waals surface area contributed by atoms with E-state index in [0.717, 1.165) is 37.8 Å². The van der Waals surface area contributed by atoms with E-state index in [9.17, 15) is 4.79 Å². The molecule has 0 radical (unpaired) electrons. The van der Waals surface area contributed by atoms with E-state index in [-0.39, 0.29) is 11.6 Å². The number of aromatic amines is 1. The molecule has 0 amide bonds. The van der Waals surface area contributed by atoms with E-state index >= 15 is 0 Å². The largest absolute Gasteiger partial charge is 0.321 e. The molecule has 0 saturated carbocycles. The summed E-state index contributed by atoms with van der Waals surface area (Å²) in [5.41, 5.74) is 8.47. The van der Waals surface area contributed by atoms with Gasteiger partial charge in [0.1, 0.15) is 0 Å². The predicted octanol–water partition coefficient (Wildman–Crippen LogP) is 5.97. The highest BCUT2D eigenvalue weighted by Gasteiger charge is 2.26. The molecule has 1 atom stereocenters. The molecule has 0 saturated heterocycles. The van der Waals surface area contributed by atoms with Gasteiger partial charge < -0.3 is 10.4 Å². The second-order valence-corrected chi connectivity index (χ2v) is 9.01. The normalized spacial score (nSPS) is 15.7. The van der Waals surface area contributed by atoms with Crippen molar-refractivity contribution in [2.75, 3.05) is 0 Å². The van der Waals surface area contributed by atoms with Gasteiger partial charge in [0.25, 0.3) is 5.56 Å². The van der Waals surface area contributed by atoms with Crippen LogP contribution in [0.2, 0.25) is 5.02 Å². The topological polar surface area (TPSA) is 57.2 Å². The van der Waals surface area contributed by atoms with Crippen LogP contribution in [-0.2, 0) is 6.42 Å². The van der Waals surface area contributed by atoms with Crippen LogP contribution < -0.4 is 11.0 Å². The van der Waals surface area contributed by atoms with Crippen molar-refractivity contribution >= 4 is 44.1 Å². The van der Waals surface area contributed by atoms with Crippen LogP contribution in [0.15, 0.2) is 87.2 Å². The summed E-state index contributed by atoms with van der Waals surface area (Å²) >= 11 is 9.80. The Kier molecular flexibility index (Phi) is 5.38. The fourth-order valence-corrected chi connectivity index (χ4v) is 4.54. The predicted molar refractivity (Wildman–Crippen MR) is 130 cm³/mol. The molecule has 1 unspecified atom stereocenters. The Morgan fingerprint density at radius 3 is 2.58 bits per heavy atom. The van der Waals surface area contributed by atoms with Gasteiger partial charge in [-0.15, -0.1) is 0 Å². The summed E-state index contributed by atoms with van der Waals surface area (Å²) < 4.78 is 1.03. The van der Waals surface area contributed by atoms with Crippen molar-refractivity contribution in [2.45, 2.75) is 18.9 Å². The second kappa shape index (κ2) is 8.33. The molecule has 154 valence electrons. The first kappa shape index (κ1) is 20.0. The number of fused-ring (bicyclic) bond motifs is 1. The lowest BCUT2D eigenvalue weighted by molar-refractivity contribution is 0.620. The van der Waals surface area contributed by atoms with E-state index < -0.39 is 0 Å². The van der Waals surface area contributed by atoms with Crippen molar-refractivity contribution in [3.63, 3.8) is 0 Å². The fourth-order valence-electron chi connectivity index (χ4n) is 4.11. The van der Waals surface area contributed by atoms with Gasteiger partial charge in [0.05, 0.1) is 17.3 Å². The quantitative estimate of drug-likeness (QED) is 0.368. The number of benzene rings is 3. The number of hydrogen-bond donors (Lipinski definition) is 2. The van der Waals surface area contributed by atoms with Gasteiger partial charge in [-0.3, -0.25) is 4.79 Å². The van der Waals surface area contributed by atoms with Crippen molar-refractivity contribution < 1.29 is 0 Å². The summed E-state index contributed by atoms with van der Waals surface area (Å²) in [4.78, 5) is 16.2. The van der Waals surface area contributed by atoms with Gasteiger partial charge in [-0.1, -0.05) is 70.0 Å². The van der Waals surface area contributed by atoms with Crippen LogP contribution in [0.25, 0.3) is 10.9 Å². The van der Waals surface area contributed by atoms with E-state index in [0.29, 0.717) is 23.4 Å². The third kappa shape index (κ3) is 4.03. The van der Waals surface area contributed by atoms with Gasteiger partial charge in [0.15, 0.2) is 0 Å². The minimum atomic E-state index is -0.127. The number of rotatable bonds is 4. The van der Waals surface area contributed by atoms with Crippen LogP contribution in [0, 0.1) is 0 Å². The maximum atomic E-state index is 13.2. The zero-order valence-electron chi connectivity index (χ0n) is 16.5. The SMILES string of the molecule is O=c1[nH]c2ccc(Cl)cc2c(Cc2ccccc2)c1C1=NNC(c2ccc(Br)cc2)C1. The Hall–Kier alpha value is -2.89. The number of nitrogens with zero attached hydrogens (tertiary/aromatic N) is 1. The van der Waals surface area contributed by atoms with Crippen LogP contribution in [0.1, 0.15) is 34.7 Å². The lowest BCUT2D eigenvalue weighted by Gasteiger charge is -2.14. The molecule has 4 nitrogen and oxygen atoms in total. The first-order valence-electron chi connectivity index (χ1n) is 10.0. The molecule has 1 aromatic heterocycles. The minimum Gasteiger partial charge on any atom is -0.321 e. The molecule has 1 aliphatic rings. The standard InChI is InChI=1S/C25H19BrClN3O/c26-17-8-6-16(7-9-17)22-14-23(30-29-22)24-20(12-15-4-2-1-3-5-15)19-13-18(27)10-11-21(19)28-25(24)31/h1-11,13,22,29H,12,14H2,(H,28,31). The minimum absolute atomic E-state index is 0.0298. The van der Waals surface area contributed by atoms with Crippen LogP contribution in [0.4, 0.5) is 0 Å². The van der Waals surface area contributed by atoms with Crippen molar-refractivity contribution in [3.8, 4) is 0 Å². The van der Waals surface area contributed by atoms with Gasteiger partial charge in [0, 0.05) is 26.8 Å². The van der Waals surface area contributed by atoms with Gasteiger partial charge in [-0.2, -0.15) is 5.10 Å². The first-order valence-corrected chi connectivity index (χ1v) is 11.2. The van der Waals surface area contributed by atoms with Crippen molar-refractivity contribution in [1.82, 2.24) is 10.4 Å². The average molecular weight is 493 g/mol. The Morgan fingerprint density at radius 2 is 1.81 bits per heavy atom. The fraction of sp³-hybridized carbons (Fsp3) is 0.120. The molecular formula is C25H19BrClN3O. The molecule has 0 bridgehead atoms. The molecule has 3 aromatic carbocycles. The molecule has 0 spiro atoms. The Bertz CT molecular complexity index is 1350. The molecule has 6 heteroatoms. The van der Waals surface area contributed by atoms with Gasteiger partial charge in [0.2, 0.25) is 0 Å². The Balaban J connectivity index is 1.61. The molecule has 31 heavy (non-hydrogen) atoms. The maximum Gasteiger partial charge on any atom is 0.257 e. The number of halogens is 2. The van der Waals surface area contributed by atoms with E-state index in [4.69, 9.17) is 11.6 Å². The van der Waals surface area contributed by atoms with E-state index in [1.54, 1.807) is 6.07 Å². The summed E-state index contributed by atoms with van der Waals surface area (Å²) in [5, 5.41) is 6.16. The third-order valence-electron chi connectivity index (χ3n) is 5.62. The summed E-state index contributed by atoms with van der Waals surface area (Å²) in [6.07, 6.45) is 1.26. The number of pyridine rings is 1. The van der Waals surface area contributed by atoms with Crippen LogP contribution in [0.3, 0.4) is 0 Å². The highest BCUT2D eigenvalue weighted by Crippen LogP contribution is 2.30. The summed E-state index contributed by atoms with van der Waals surface area (Å²) in [5.74, 6) is 0. The molecule has 0 aliphatic carbocycles. The smallest absolute Gasteiger partial charge is 0.257 e. The van der Waals surface area contributed by atoms with E-state index in [1.807, 2.05) is 42.5 Å². The monoisotopic (exact) mass is 491 g/mol. The zero-order chi connectivity index (χ0) is 21.4. The summed E-state index contributed by atoms with van der Waals surface area (Å²) in [6, 6.07) is 23.9. The van der Waals surface area contributed by atoms with Gasteiger partial charge in [-0.25, -0.2) is 0 Å². The number of nitrogens with one attached hydrogen (secondary N) is 2. The highest BCUT2D eigenvalue weighted by molar-refractivity contribution is 9.10. The molecule has 4 aromatic rings. The van der Waals surface area contributed by atoms with Crippen LogP contribution in [-0.4, -0.2) is 10.7 Å². The number of hydrazone groups is 1. The van der Waals surface area contributed by atoms with E-state index in [1.165, 1.54) is 0 Å². The lowest BCUT2D eigenvalue weighted by Crippen LogP contribution is -2.21. The van der Waals surface area contributed by atoms with Crippen molar-refractivity contribution in [2.24, 2.45) is 5.10 Å². The van der Waals surface area contributed by atoms with Crippen molar-refractivity contribution in [1.29, 1.82) is 0 Å². The average Bonchev–Trinajstić information content (AvgIpc) is 3.25. The molecule has 2 N–H and O–H groups in total. The Morgan fingerprint density at radius 1 is 1.03 bits per heavy atom. The molecule has 2 heterocycles. The maximum absolute atomic E-state index is 13.2.